The fraction of sp³-hybridized carbons (Fsp3) is 0.708. The minimum atomic E-state index is -4.37. The van der Waals surface area contributed by atoms with Gasteiger partial charge in [0, 0.05) is 56.6 Å². The first kappa shape index (κ1) is 23.4. The molecule has 1 aromatic rings. The van der Waals surface area contributed by atoms with E-state index in [1.807, 2.05) is 9.80 Å². The van der Waals surface area contributed by atoms with Gasteiger partial charge in [0.1, 0.15) is 0 Å². The fourth-order valence-electron chi connectivity index (χ4n) is 6.01. The van der Waals surface area contributed by atoms with Crippen molar-refractivity contribution in [2.75, 3.05) is 37.7 Å². The molecule has 1 amide bonds. The Kier molecular flexibility index (Phi) is 7.00. The van der Waals surface area contributed by atoms with Gasteiger partial charge in [0.15, 0.2) is 0 Å². The first-order valence-corrected chi connectivity index (χ1v) is 11.9. The second-order valence-corrected chi connectivity index (χ2v) is 9.42. The SMILES string of the molecule is CCC[C@@H](CCO)N1CCC2C1CCN2C(=O)C1CCN(c2cccc(C(F)(F)F)c2)C1. The quantitative estimate of drug-likeness (QED) is 0.683. The molecule has 0 aromatic heterocycles. The van der Waals surface area contributed by atoms with Crippen molar-refractivity contribution in [3.63, 3.8) is 0 Å². The maximum Gasteiger partial charge on any atom is 0.416 e. The molecular weight excluding hydrogens is 419 g/mol. The molecule has 5 nitrogen and oxygen atoms in total. The number of amides is 1. The summed E-state index contributed by atoms with van der Waals surface area (Å²) in [5.41, 5.74) is -0.115. The number of likely N-dealkylation sites (tertiary alicyclic amines) is 2. The Morgan fingerprint density at radius 2 is 1.91 bits per heavy atom. The molecule has 3 heterocycles. The molecular formula is C24H34F3N3O2. The molecule has 0 radical (unpaired) electrons. The fourth-order valence-corrected chi connectivity index (χ4v) is 6.01. The standard InChI is InChI=1S/C24H34F3N3O2/c1-2-4-19(10-14-31)29-12-8-22-21(29)9-13-30(22)23(32)17-7-11-28(16-17)20-6-3-5-18(15-20)24(25,26)27/h3,5-6,15,17,19,21-22,31H,2,4,7-14,16H2,1H3/t17?,19-,21?,22?/m0/s1. The third-order valence-electron chi connectivity index (χ3n) is 7.53. The molecule has 3 unspecified atom stereocenters. The highest BCUT2D eigenvalue weighted by atomic mass is 19.4. The molecule has 3 saturated heterocycles. The smallest absolute Gasteiger partial charge is 0.396 e. The summed E-state index contributed by atoms with van der Waals surface area (Å²) in [5.74, 6) is -0.00995. The lowest BCUT2D eigenvalue weighted by Crippen LogP contribution is -2.45. The second kappa shape index (κ2) is 9.59. The van der Waals surface area contributed by atoms with E-state index in [0.29, 0.717) is 37.3 Å². The molecule has 0 bridgehead atoms. The van der Waals surface area contributed by atoms with E-state index < -0.39 is 11.7 Å². The average molecular weight is 454 g/mol. The van der Waals surface area contributed by atoms with Gasteiger partial charge in [-0.25, -0.2) is 0 Å². The third-order valence-corrected chi connectivity index (χ3v) is 7.53. The topological polar surface area (TPSA) is 47.0 Å². The Hall–Kier alpha value is -1.80. The summed E-state index contributed by atoms with van der Waals surface area (Å²) < 4.78 is 39.2. The molecule has 1 aromatic carbocycles. The largest absolute Gasteiger partial charge is 0.416 e. The van der Waals surface area contributed by atoms with E-state index in [4.69, 9.17) is 0 Å². The van der Waals surface area contributed by atoms with Crippen molar-refractivity contribution in [1.82, 2.24) is 9.80 Å². The van der Waals surface area contributed by atoms with Crippen molar-refractivity contribution in [1.29, 1.82) is 0 Å². The van der Waals surface area contributed by atoms with Crippen molar-refractivity contribution in [3.05, 3.63) is 29.8 Å². The molecule has 4 rings (SSSR count). The predicted octanol–water partition coefficient (Wildman–Crippen LogP) is 3.76. The number of benzene rings is 1. The highest BCUT2D eigenvalue weighted by molar-refractivity contribution is 5.81. The van der Waals surface area contributed by atoms with Crippen LogP contribution in [0.3, 0.4) is 0 Å². The minimum Gasteiger partial charge on any atom is -0.396 e. The van der Waals surface area contributed by atoms with E-state index in [0.717, 1.165) is 51.3 Å². The van der Waals surface area contributed by atoms with Gasteiger partial charge in [0.05, 0.1) is 11.5 Å². The van der Waals surface area contributed by atoms with Gasteiger partial charge in [-0.15, -0.1) is 0 Å². The molecule has 3 aliphatic rings. The Balaban J connectivity index is 1.39. The lowest BCUT2D eigenvalue weighted by Gasteiger charge is -2.32. The zero-order valence-corrected chi connectivity index (χ0v) is 18.7. The highest BCUT2D eigenvalue weighted by Crippen LogP contribution is 2.37. The van der Waals surface area contributed by atoms with Crippen LogP contribution in [0.4, 0.5) is 18.9 Å². The van der Waals surface area contributed by atoms with Gasteiger partial charge >= 0.3 is 6.18 Å². The number of carbonyl (C=O) groups excluding carboxylic acids is 1. The molecule has 1 N–H and O–H groups in total. The Morgan fingerprint density at radius 3 is 2.62 bits per heavy atom. The summed E-state index contributed by atoms with van der Waals surface area (Å²) in [7, 11) is 0. The second-order valence-electron chi connectivity index (χ2n) is 9.42. The molecule has 178 valence electrons. The number of nitrogens with zero attached hydrogens (tertiary/aromatic N) is 3. The van der Waals surface area contributed by atoms with Gasteiger partial charge in [-0.1, -0.05) is 19.4 Å². The number of aliphatic hydroxyl groups excluding tert-OH is 1. The van der Waals surface area contributed by atoms with Crippen molar-refractivity contribution in [2.24, 2.45) is 5.92 Å². The summed E-state index contributed by atoms with van der Waals surface area (Å²) in [6, 6.07) is 6.36. The van der Waals surface area contributed by atoms with Crippen molar-refractivity contribution < 1.29 is 23.1 Å². The lowest BCUT2D eigenvalue weighted by atomic mass is 10.0. The van der Waals surface area contributed by atoms with Crippen LogP contribution in [0.1, 0.15) is 51.0 Å². The minimum absolute atomic E-state index is 0.156. The zero-order chi connectivity index (χ0) is 22.9. The van der Waals surface area contributed by atoms with Crippen LogP contribution in [-0.4, -0.2) is 71.7 Å². The normalized spacial score (nSPS) is 27.2. The van der Waals surface area contributed by atoms with Crippen LogP contribution >= 0.6 is 0 Å². The third kappa shape index (κ3) is 4.62. The van der Waals surface area contributed by atoms with Crippen molar-refractivity contribution in [3.8, 4) is 0 Å². The van der Waals surface area contributed by atoms with Crippen LogP contribution < -0.4 is 4.90 Å². The lowest BCUT2D eigenvalue weighted by molar-refractivity contribution is -0.137. The Morgan fingerprint density at radius 1 is 1.12 bits per heavy atom. The molecule has 3 fully saturated rings. The van der Waals surface area contributed by atoms with E-state index in [1.54, 1.807) is 6.07 Å². The summed E-state index contributed by atoms with van der Waals surface area (Å²) >= 11 is 0. The van der Waals surface area contributed by atoms with E-state index in [2.05, 4.69) is 11.8 Å². The van der Waals surface area contributed by atoms with Gasteiger partial charge in [0.2, 0.25) is 5.91 Å². The van der Waals surface area contributed by atoms with Crippen LogP contribution in [0.5, 0.6) is 0 Å². The van der Waals surface area contributed by atoms with Crippen LogP contribution in [-0.2, 0) is 11.0 Å². The molecule has 32 heavy (non-hydrogen) atoms. The van der Waals surface area contributed by atoms with E-state index in [-0.39, 0.29) is 24.5 Å². The predicted molar refractivity (Wildman–Crippen MR) is 117 cm³/mol. The number of aliphatic hydroxyl groups is 1. The molecule has 8 heteroatoms. The van der Waals surface area contributed by atoms with Crippen molar-refractivity contribution >= 4 is 11.6 Å². The van der Waals surface area contributed by atoms with Crippen LogP contribution in [0, 0.1) is 5.92 Å². The number of hydrogen-bond acceptors (Lipinski definition) is 4. The van der Waals surface area contributed by atoms with Gasteiger partial charge in [-0.3, -0.25) is 9.69 Å². The molecule has 0 saturated carbocycles. The van der Waals surface area contributed by atoms with Gasteiger partial charge in [-0.2, -0.15) is 13.2 Å². The number of hydrogen-bond donors (Lipinski definition) is 1. The van der Waals surface area contributed by atoms with Crippen LogP contribution in [0.2, 0.25) is 0 Å². The van der Waals surface area contributed by atoms with Crippen molar-refractivity contribution in [2.45, 2.75) is 69.8 Å². The van der Waals surface area contributed by atoms with E-state index in [1.165, 1.54) is 12.1 Å². The summed E-state index contributed by atoms with van der Waals surface area (Å²) in [5, 5.41) is 9.47. The van der Waals surface area contributed by atoms with Gasteiger partial charge in [-0.05, 0) is 50.3 Å². The number of alkyl halides is 3. The molecule has 0 aliphatic carbocycles. The molecule has 0 spiro atoms. The van der Waals surface area contributed by atoms with E-state index >= 15 is 0 Å². The number of rotatable bonds is 7. The average Bonchev–Trinajstić information content (AvgIpc) is 3.49. The number of carbonyl (C=O) groups is 1. The Bertz CT molecular complexity index is 797. The number of fused-ring (bicyclic) bond motifs is 1. The van der Waals surface area contributed by atoms with Crippen LogP contribution in [0.15, 0.2) is 24.3 Å². The first-order valence-electron chi connectivity index (χ1n) is 11.9. The summed E-state index contributed by atoms with van der Waals surface area (Å²) in [6.07, 6.45) is 1.16. The zero-order valence-electron chi connectivity index (χ0n) is 18.7. The summed E-state index contributed by atoms with van der Waals surface area (Å²) in [6.45, 7) is 5.14. The molecule has 4 atom stereocenters. The van der Waals surface area contributed by atoms with Crippen LogP contribution in [0.25, 0.3) is 0 Å². The summed E-state index contributed by atoms with van der Waals surface area (Å²) in [4.78, 5) is 19.9. The maximum absolute atomic E-state index is 13.4. The maximum atomic E-state index is 13.4. The molecule has 3 aliphatic heterocycles. The van der Waals surface area contributed by atoms with Gasteiger partial charge < -0.3 is 14.9 Å². The number of halogens is 3. The van der Waals surface area contributed by atoms with E-state index in [9.17, 15) is 23.1 Å². The Labute approximate surface area is 188 Å². The first-order chi connectivity index (χ1) is 15.3. The van der Waals surface area contributed by atoms with Gasteiger partial charge in [0.25, 0.3) is 0 Å². The highest BCUT2D eigenvalue weighted by Gasteiger charge is 2.47. The monoisotopic (exact) mass is 453 g/mol. The number of anilines is 1.